The van der Waals surface area contributed by atoms with Gasteiger partial charge in [-0.1, -0.05) is 42.5 Å². The highest BCUT2D eigenvalue weighted by molar-refractivity contribution is 5.95. The smallest absolute Gasteiger partial charge is 0.304 e. The second kappa shape index (κ2) is 7.17. The molecule has 0 radical (unpaired) electrons. The Kier molecular flexibility index (Phi) is 4.79. The lowest BCUT2D eigenvalue weighted by Gasteiger charge is -2.20. The average molecular weight is 338 g/mol. The molecule has 0 fully saturated rings. The Balaban J connectivity index is 1.83. The molecule has 0 spiro atoms. The van der Waals surface area contributed by atoms with Gasteiger partial charge in [-0.05, 0) is 24.1 Å². The number of fused-ring (bicyclic) bond motifs is 1. The van der Waals surface area contributed by atoms with Gasteiger partial charge in [0.05, 0.1) is 12.3 Å². The number of benzene rings is 2. The monoisotopic (exact) mass is 338 g/mol. The van der Waals surface area contributed by atoms with Crippen molar-refractivity contribution in [3.8, 4) is 0 Å². The summed E-state index contributed by atoms with van der Waals surface area (Å²) >= 11 is 0. The number of aliphatic carboxylic acids is 1. The zero-order valence-electron chi connectivity index (χ0n) is 13.8. The fraction of sp³-hybridized carbons (Fsp3) is 0.211. The van der Waals surface area contributed by atoms with Crippen LogP contribution in [-0.2, 0) is 16.0 Å². The molecule has 128 valence electrons. The van der Waals surface area contributed by atoms with E-state index in [-0.39, 0.29) is 18.3 Å². The Hall–Kier alpha value is -3.15. The number of carboxylic acid groups (broad SMARTS) is 1. The van der Waals surface area contributed by atoms with Crippen LogP contribution in [0.5, 0.6) is 0 Å². The number of carbonyl (C=O) groups is 2. The highest BCUT2D eigenvalue weighted by Gasteiger charge is 2.28. The lowest BCUT2D eigenvalue weighted by Crippen LogP contribution is -2.35. The summed E-state index contributed by atoms with van der Waals surface area (Å²) in [4.78, 5) is 29.6. The first-order chi connectivity index (χ1) is 12.0. The number of hydrogen-bond acceptors (Lipinski definition) is 4. The summed E-state index contributed by atoms with van der Waals surface area (Å²) in [6.45, 7) is 0. The number of carbonyl (C=O) groups excluding carboxylic acids is 1. The molecule has 0 bridgehead atoms. The Bertz CT molecular complexity index is 856. The highest BCUT2D eigenvalue weighted by Crippen LogP contribution is 2.23. The van der Waals surface area contributed by atoms with E-state index in [2.05, 4.69) is 4.98 Å². The van der Waals surface area contributed by atoms with E-state index >= 15 is 0 Å². The summed E-state index contributed by atoms with van der Waals surface area (Å²) in [5, 5.41) is 9.17. The number of amides is 1. The van der Waals surface area contributed by atoms with E-state index in [0.29, 0.717) is 17.5 Å². The zero-order valence-corrected chi connectivity index (χ0v) is 13.8. The molecule has 1 amide bonds. The van der Waals surface area contributed by atoms with Gasteiger partial charge in [-0.15, -0.1) is 0 Å². The van der Waals surface area contributed by atoms with Gasteiger partial charge >= 0.3 is 12.0 Å². The predicted molar refractivity (Wildman–Crippen MR) is 93.3 cm³/mol. The molecule has 0 saturated carbocycles. The van der Waals surface area contributed by atoms with E-state index in [0.717, 1.165) is 5.56 Å². The first kappa shape index (κ1) is 16.7. The normalized spacial score (nSPS) is 12.0. The van der Waals surface area contributed by atoms with Crippen LogP contribution < -0.4 is 4.90 Å². The molecule has 0 saturated heterocycles. The van der Waals surface area contributed by atoms with E-state index in [1.807, 2.05) is 42.5 Å². The van der Waals surface area contributed by atoms with E-state index in [9.17, 15) is 9.59 Å². The third-order valence-corrected chi connectivity index (χ3v) is 4.00. The van der Waals surface area contributed by atoms with Gasteiger partial charge in [-0.3, -0.25) is 14.5 Å². The van der Waals surface area contributed by atoms with Gasteiger partial charge in [0, 0.05) is 7.05 Å². The third-order valence-electron chi connectivity index (χ3n) is 4.00. The van der Waals surface area contributed by atoms with Gasteiger partial charge in [0.15, 0.2) is 5.58 Å². The van der Waals surface area contributed by atoms with Crippen molar-refractivity contribution in [3.63, 3.8) is 0 Å². The lowest BCUT2D eigenvalue weighted by atomic mass is 9.95. The molecule has 6 nitrogen and oxygen atoms in total. The van der Waals surface area contributed by atoms with Crippen molar-refractivity contribution in [2.75, 3.05) is 11.9 Å². The quantitative estimate of drug-likeness (QED) is 0.746. The number of hydrogen-bond donors (Lipinski definition) is 1. The van der Waals surface area contributed by atoms with E-state index < -0.39 is 11.9 Å². The van der Waals surface area contributed by atoms with Crippen molar-refractivity contribution in [2.24, 2.45) is 5.92 Å². The van der Waals surface area contributed by atoms with Crippen LogP contribution in [0, 0.1) is 5.92 Å². The molecule has 3 aromatic rings. The first-order valence-corrected chi connectivity index (χ1v) is 7.93. The second-order valence-electron chi connectivity index (χ2n) is 5.85. The van der Waals surface area contributed by atoms with Crippen LogP contribution in [0.4, 0.5) is 6.01 Å². The number of rotatable bonds is 6. The van der Waals surface area contributed by atoms with Crippen LogP contribution in [0.15, 0.2) is 59.0 Å². The molecular weight excluding hydrogens is 320 g/mol. The van der Waals surface area contributed by atoms with Gasteiger partial charge in [-0.2, -0.15) is 4.98 Å². The number of oxazole rings is 1. The summed E-state index contributed by atoms with van der Waals surface area (Å²) in [5.74, 6) is -2.04. The van der Waals surface area contributed by atoms with Crippen LogP contribution in [-0.4, -0.2) is 29.0 Å². The molecule has 1 unspecified atom stereocenters. The SMILES string of the molecule is CN(C(=O)C(CC(=O)O)Cc1ccccc1)c1nc2ccccc2o1. The third kappa shape index (κ3) is 3.85. The standard InChI is InChI=1S/C19H18N2O4/c1-21(19-20-15-9-5-6-10-16(15)25-19)18(24)14(12-17(22)23)11-13-7-3-2-4-8-13/h2-10,14H,11-12H2,1H3,(H,22,23). The minimum atomic E-state index is -1.01. The highest BCUT2D eigenvalue weighted by atomic mass is 16.4. The summed E-state index contributed by atoms with van der Waals surface area (Å²) in [6.07, 6.45) is 0.0921. The van der Waals surface area contributed by atoms with E-state index in [4.69, 9.17) is 9.52 Å². The first-order valence-electron chi connectivity index (χ1n) is 7.93. The molecule has 3 rings (SSSR count). The molecule has 0 aliphatic carbocycles. The molecule has 0 aliphatic rings. The maximum atomic E-state index is 12.8. The molecule has 1 atom stereocenters. The van der Waals surface area contributed by atoms with Gasteiger partial charge in [0.2, 0.25) is 5.91 Å². The van der Waals surface area contributed by atoms with Crippen molar-refractivity contribution in [2.45, 2.75) is 12.8 Å². The van der Waals surface area contributed by atoms with Crippen LogP contribution >= 0.6 is 0 Å². The Morgan fingerprint density at radius 1 is 1.12 bits per heavy atom. The van der Waals surface area contributed by atoms with Crippen LogP contribution in [0.25, 0.3) is 11.1 Å². The largest absolute Gasteiger partial charge is 0.481 e. The summed E-state index contributed by atoms with van der Waals surface area (Å²) < 4.78 is 5.60. The number of nitrogens with zero attached hydrogens (tertiary/aromatic N) is 2. The van der Waals surface area contributed by atoms with Crippen molar-refractivity contribution in [1.29, 1.82) is 0 Å². The van der Waals surface area contributed by atoms with Crippen molar-refractivity contribution >= 4 is 29.0 Å². The molecule has 25 heavy (non-hydrogen) atoms. The average Bonchev–Trinajstić information content (AvgIpc) is 3.04. The molecular formula is C19H18N2O4. The lowest BCUT2D eigenvalue weighted by molar-refractivity contribution is -0.140. The maximum absolute atomic E-state index is 12.8. The maximum Gasteiger partial charge on any atom is 0.304 e. The fourth-order valence-electron chi connectivity index (χ4n) is 2.73. The van der Waals surface area contributed by atoms with Crippen molar-refractivity contribution < 1.29 is 19.1 Å². The number of anilines is 1. The van der Waals surface area contributed by atoms with E-state index in [1.54, 1.807) is 19.2 Å². The van der Waals surface area contributed by atoms with Gasteiger partial charge in [0.1, 0.15) is 5.52 Å². The predicted octanol–water partition coefficient (Wildman–Crippen LogP) is 3.12. The van der Waals surface area contributed by atoms with Gasteiger partial charge in [0.25, 0.3) is 0 Å². The molecule has 2 aromatic carbocycles. The molecule has 6 heteroatoms. The van der Waals surface area contributed by atoms with Crippen molar-refractivity contribution in [1.82, 2.24) is 4.98 Å². The Morgan fingerprint density at radius 3 is 2.48 bits per heavy atom. The molecule has 1 N–H and O–H groups in total. The minimum absolute atomic E-state index is 0.162. The summed E-state index contributed by atoms with van der Waals surface area (Å²) in [7, 11) is 1.55. The summed E-state index contributed by atoms with van der Waals surface area (Å²) in [5.41, 5.74) is 2.14. The van der Waals surface area contributed by atoms with Gasteiger partial charge in [-0.25, -0.2) is 0 Å². The number of carboxylic acids is 1. The van der Waals surface area contributed by atoms with Crippen LogP contribution in [0.1, 0.15) is 12.0 Å². The van der Waals surface area contributed by atoms with E-state index in [1.165, 1.54) is 4.90 Å². The van der Waals surface area contributed by atoms with Crippen molar-refractivity contribution in [3.05, 3.63) is 60.2 Å². The minimum Gasteiger partial charge on any atom is -0.481 e. The Labute approximate surface area is 144 Å². The Morgan fingerprint density at radius 2 is 1.80 bits per heavy atom. The number of aromatic nitrogens is 1. The fourth-order valence-corrected chi connectivity index (χ4v) is 2.73. The molecule has 1 aromatic heterocycles. The van der Waals surface area contributed by atoms with Crippen LogP contribution in [0.3, 0.4) is 0 Å². The van der Waals surface area contributed by atoms with Crippen LogP contribution in [0.2, 0.25) is 0 Å². The zero-order chi connectivity index (χ0) is 17.8. The van der Waals surface area contributed by atoms with Gasteiger partial charge < -0.3 is 9.52 Å². The number of para-hydroxylation sites is 2. The topological polar surface area (TPSA) is 83.6 Å². The summed E-state index contributed by atoms with van der Waals surface area (Å²) in [6, 6.07) is 16.7. The molecule has 1 heterocycles. The molecule has 0 aliphatic heterocycles. The second-order valence-corrected chi connectivity index (χ2v) is 5.85.